The lowest BCUT2D eigenvalue weighted by Crippen LogP contribution is -2.06. The van der Waals surface area contributed by atoms with Gasteiger partial charge < -0.3 is 5.11 Å². The molecule has 7 nitrogen and oxygen atoms in total. The highest BCUT2D eigenvalue weighted by Crippen LogP contribution is 2.17. The van der Waals surface area contributed by atoms with Crippen LogP contribution in [0.15, 0.2) is 6.20 Å². The van der Waals surface area contributed by atoms with E-state index in [0.717, 1.165) is 17.0 Å². The Morgan fingerprint density at radius 1 is 1.33 bits per heavy atom. The van der Waals surface area contributed by atoms with Crippen LogP contribution in [0.3, 0.4) is 0 Å². The first-order chi connectivity index (χ1) is 8.58. The minimum Gasteiger partial charge on any atom is -0.481 e. The van der Waals surface area contributed by atoms with Gasteiger partial charge in [0.25, 0.3) is 0 Å². The molecule has 2 rings (SSSR count). The van der Waals surface area contributed by atoms with E-state index in [2.05, 4.69) is 25.4 Å². The quantitative estimate of drug-likeness (QED) is 0.831. The van der Waals surface area contributed by atoms with Gasteiger partial charge in [0.15, 0.2) is 5.82 Å². The lowest BCUT2D eigenvalue weighted by molar-refractivity contribution is -0.136. The number of aryl methyl sites for hydroxylation is 2. The van der Waals surface area contributed by atoms with Crippen molar-refractivity contribution >= 4 is 5.97 Å². The van der Waals surface area contributed by atoms with Crippen molar-refractivity contribution in [1.82, 2.24) is 25.4 Å². The third-order valence-corrected chi connectivity index (χ3v) is 2.65. The van der Waals surface area contributed by atoms with E-state index in [-0.39, 0.29) is 6.42 Å². The van der Waals surface area contributed by atoms with Crippen LogP contribution in [0.5, 0.6) is 0 Å². The molecule has 0 fully saturated rings. The number of rotatable bonds is 4. The smallest absolute Gasteiger partial charge is 0.303 e. The van der Waals surface area contributed by atoms with E-state index in [1.807, 2.05) is 13.8 Å². The zero-order chi connectivity index (χ0) is 13.1. The van der Waals surface area contributed by atoms with Crippen LogP contribution in [0.1, 0.15) is 23.4 Å². The topological polar surface area (TPSA) is 105 Å². The van der Waals surface area contributed by atoms with Gasteiger partial charge in [0.05, 0.1) is 6.20 Å². The van der Waals surface area contributed by atoms with Crippen molar-refractivity contribution in [2.75, 3.05) is 0 Å². The highest BCUT2D eigenvalue weighted by atomic mass is 16.4. The second-order valence-electron chi connectivity index (χ2n) is 3.95. The summed E-state index contributed by atoms with van der Waals surface area (Å²) in [5, 5.41) is 18.8. The molecule has 0 bridgehead atoms. The summed E-state index contributed by atoms with van der Waals surface area (Å²) in [6, 6.07) is 0. The van der Waals surface area contributed by atoms with Crippen molar-refractivity contribution in [3.8, 4) is 11.5 Å². The zero-order valence-corrected chi connectivity index (χ0v) is 10.1. The lowest BCUT2D eigenvalue weighted by Gasteiger charge is -2.08. The van der Waals surface area contributed by atoms with E-state index >= 15 is 0 Å². The average molecular weight is 247 g/mol. The molecule has 18 heavy (non-hydrogen) atoms. The molecule has 7 heteroatoms. The maximum atomic E-state index is 10.6. The van der Waals surface area contributed by atoms with E-state index in [0.29, 0.717) is 17.9 Å². The lowest BCUT2D eigenvalue weighted by atomic mass is 10.1. The third kappa shape index (κ3) is 2.50. The van der Waals surface area contributed by atoms with Crippen LogP contribution in [-0.2, 0) is 11.2 Å². The first kappa shape index (κ1) is 12.2. The van der Waals surface area contributed by atoms with Crippen LogP contribution in [0, 0.1) is 13.8 Å². The summed E-state index contributed by atoms with van der Waals surface area (Å²) in [6.45, 7) is 3.69. The maximum absolute atomic E-state index is 10.6. The Labute approximate surface area is 103 Å². The molecular formula is C11H13N5O2. The van der Waals surface area contributed by atoms with Crippen molar-refractivity contribution < 1.29 is 9.90 Å². The summed E-state index contributed by atoms with van der Waals surface area (Å²) in [7, 11) is 0. The Hall–Kier alpha value is -2.31. The van der Waals surface area contributed by atoms with E-state index < -0.39 is 5.97 Å². The molecule has 0 unspecified atom stereocenters. The minimum atomic E-state index is -0.825. The van der Waals surface area contributed by atoms with Crippen LogP contribution < -0.4 is 0 Å². The van der Waals surface area contributed by atoms with Crippen molar-refractivity contribution in [2.24, 2.45) is 0 Å². The zero-order valence-electron chi connectivity index (χ0n) is 10.1. The third-order valence-electron chi connectivity index (χ3n) is 2.65. The van der Waals surface area contributed by atoms with Crippen molar-refractivity contribution in [3.63, 3.8) is 0 Å². The predicted molar refractivity (Wildman–Crippen MR) is 62.8 cm³/mol. The number of aromatic amines is 1. The molecule has 2 heterocycles. The highest BCUT2D eigenvalue weighted by molar-refractivity contribution is 5.67. The SMILES string of the molecule is Cc1nc(-c2cn[nH]n2)nc(C)c1CCC(=O)O. The maximum Gasteiger partial charge on any atom is 0.303 e. The number of carbonyl (C=O) groups is 1. The summed E-state index contributed by atoms with van der Waals surface area (Å²) in [4.78, 5) is 19.2. The van der Waals surface area contributed by atoms with Crippen LogP contribution in [0.2, 0.25) is 0 Å². The molecule has 0 aliphatic rings. The number of H-pyrrole nitrogens is 1. The Morgan fingerprint density at radius 2 is 2.00 bits per heavy atom. The number of hydrogen-bond donors (Lipinski definition) is 2. The fourth-order valence-electron chi connectivity index (χ4n) is 1.76. The molecule has 0 aromatic carbocycles. The summed E-state index contributed by atoms with van der Waals surface area (Å²) in [5.74, 6) is -0.327. The number of aliphatic carboxylic acids is 1. The molecule has 0 saturated carbocycles. The van der Waals surface area contributed by atoms with Gasteiger partial charge in [-0.05, 0) is 25.8 Å². The number of nitrogens with one attached hydrogen (secondary N) is 1. The minimum absolute atomic E-state index is 0.0777. The van der Waals surface area contributed by atoms with Crippen LogP contribution in [0.25, 0.3) is 11.5 Å². The summed E-state index contributed by atoms with van der Waals surface area (Å²) in [5.41, 5.74) is 3.01. The summed E-state index contributed by atoms with van der Waals surface area (Å²) < 4.78 is 0. The number of hydrogen-bond acceptors (Lipinski definition) is 5. The van der Waals surface area contributed by atoms with Gasteiger partial charge in [0, 0.05) is 17.8 Å². The van der Waals surface area contributed by atoms with Gasteiger partial charge in [0.1, 0.15) is 5.69 Å². The molecule has 0 aliphatic carbocycles. The molecule has 0 saturated heterocycles. The van der Waals surface area contributed by atoms with Gasteiger partial charge in [-0.1, -0.05) is 0 Å². The van der Waals surface area contributed by atoms with Gasteiger partial charge in [-0.25, -0.2) is 9.97 Å². The number of carboxylic acids is 1. The van der Waals surface area contributed by atoms with Crippen molar-refractivity contribution in [1.29, 1.82) is 0 Å². The molecular weight excluding hydrogens is 234 g/mol. The van der Waals surface area contributed by atoms with Gasteiger partial charge in [-0.15, -0.1) is 0 Å². The first-order valence-corrected chi connectivity index (χ1v) is 5.50. The standard InChI is InChI=1S/C11H13N5O2/c1-6-8(3-4-10(17)18)7(2)14-11(13-6)9-5-12-16-15-9/h5H,3-4H2,1-2H3,(H,17,18)(H,12,15,16). The van der Waals surface area contributed by atoms with Crippen LogP contribution >= 0.6 is 0 Å². The summed E-state index contributed by atoms with van der Waals surface area (Å²) >= 11 is 0. The molecule has 0 amide bonds. The average Bonchev–Trinajstić information content (AvgIpc) is 2.80. The fourth-order valence-corrected chi connectivity index (χ4v) is 1.76. The van der Waals surface area contributed by atoms with Gasteiger partial charge in [-0.2, -0.15) is 15.4 Å². The van der Waals surface area contributed by atoms with Crippen LogP contribution in [-0.4, -0.2) is 36.5 Å². The van der Waals surface area contributed by atoms with Crippen LogP contribution in [0.4, 0.5) is 0 Å². The molecule has 2 aromatic heterocycles. The predicted octanol–water partition coefficient (Wildman–Crippen LogP) is 0.896. The molecule has 2 aromatic rings. The van der Waals surface area contributed by atoms with Crippen molar-refractivity contribution in [2.45, 2.75) is 26.7 Å². The number of nitrogens with zero attached hydrogens (tertiary/aromatic N) is 4. The second-order valence-corrected chi connectivity index (χ2v) is 3.95. The van der Waals surface area contributed by atoms with Crippen molar-refractivity contribution in [3.05, 3.63) is 23.1 Å². The molecule has 0 spiro atoms. The number of carboxylic acid groups (broad SMARTS) is 1. The summed E-state index contributed by atoms with van der Waals surface area (Å²) in [6.07, 6.45) is 2.06. The van der Waals surface area contributed by atoms with Gasteiger partial charge in [-0.3, -0.25) is 4.79 Å². The van der Waals surface area contributed by atoms with E-state index in [1.165, 1.54) is 0 Å². The Balaban J connectivity index is 2.32. The van der Waals surface area contributed by atoms with E-state index in [9.17, 15) is 4.79 Å². The Kier molecular flexibility index (Phi) is 3.31. The largest absolute Gasteiger partial charge is 0.481 e. The van der Waals surface area contributed by atoms with Gasteiger partial charge >= 0.3 is 5.97 Å². The second kappa shape index (κ2) is 4.91. The molecule has 0 radical (unpaired) electrons. The monoisotopic (exact) mass is 247 g/mol. The van der Waals surface area contributed by atoms with E-state index in [4.69, 9.17) is 5.11 Å². The first-order valence-electron chi connectivity index (χ1n) is 5.50. The molecule has 0 aliphatic heterocycles. The van der Waals surface area contributed by atoms with E-state index in [1.54, 1.807) is 6.20 Å². The Morgan fingerprint density at radius 3 is 2.50 bits per heavy atom. The fraction of sp³-hybridized carbons (Fsp3) is 0.364. The number of aromatic nitrogens is 5. The molecule has 2 N–H and O–H groups in total. The van der Waals surface area contributed by atoms with Gasteiger partial charge in [0.2, 0.25) is 0 Å². The molecule has 94 valence electrons. The highest BCUT2D eigenvalue weighted by Gasteiger charge is 2.12. The molecule has 0 atom stereocenters. The Bertz CT molecular complexity index is 542. The normalized spacial score (nSPS) is 10.6.